The van der Waals surface area contributed by atoms with Crippen LogP contribution in [0.3, 0.4) is 0 Å². The third kappa shape index (κ3) is 3.70. The molecule has 0 spiro atoms. The molecule has 0 fully saturated rings. The number of rotatable bonds is 6. The first-order valence-corrected chi connectivity index (χ1v) is 5.61. The SMILES string of the molecule is CCC(CCO)CNC(=O)c1coc(C)c1. The van der Waals surface area contributed by atoms with E-state index >= 15 is 0 Å². The number of aliphatic hydroxyl groups is 1. The Labute approximate surface area is 95.7 Å². The fraction of sp³-hybridized carbons (Fsp3) is 0.583. The quantitative estimate of drug-likeness (QED) is 0.775. The number of aryl methyl sites for hydroxylation is 1. The van der Waals surface area contributed by atoms with Gasteiger partial charge in [0.15, 0.2) is 0 Å². The molecule has 1 heterocycles. The highest BCUT2D eigenvalue weighted by Crippen LogP contribution is 2.08. The number of furan rings is 1. The summed E-state index contributed by atoms with van der Waals surface area (Å²) >= 11 is 0. The summed E-state index contributed by atoms with van der Waals surface area (Å²) in [5, 5.41) is 11.7. The topological polar surface area (TPSA) is 62.5 Å². The van der Waals surface area contributed by atoms with Crippen molar-refractivity contribution >= 4 is 5.91 Å². The molecule has 1 rings (SSSR count). The Morgan fingerprint density at radius 1 is 1.62 bits per heavy atom. The van der Waals surface area contributed by atoms with Crippen molar-refractivity contribution in [3.8, 4) is 0 Å². The Balaban J connectivity index is 2.40. The van der Waals surface area contributed by atoms with Crippen LogP contribution in [0.25, 0.3) is 0 Å². The summed E-state index contributed by atoms with van der Waals surface area (Å²) in [6, 6.07) is 1.71. The maximum Gasteiger partial charge on any atom is 0.254 e. The predicted molar refractivity (Wildman–Crippen MR) is 61.3 cm³/mol. The van der Waals surface area contributed by atoms with E-state index in [1.54, 1.807) is 13.0 Å². The molecule has 1 aromatic heterocycles. The Morgan fingerprint density at radius 3 is 2.88 bits per heavy atom. The zero-order chi connectivity index (χ0) is 12.0. The van der Waals surface area contributed by atoms with Crippen molar-refractivity contribution in [3.05, 3.63) is 23.7 Å². The van der Waals surface area contributed by atoms with Gasteiger partial charge in [-0.25, -0.2) is 0 Å². The molecule has 1 amide bonds. The fourth-order valence-electron chi connectivity index (χ4n) is 1.53. The van der Waals surface area contributed by atoms with Gasteiger partial charge in [0, 0.05) is 13.2 Å². The van der Waals surface area contributed by atoms with Crippen LogP contribution in [0.5, 0.6) is 0 Å². The molecule has 0 bridgehead atoms. The van der Waals surface area contributed by atoms with E-state index < -0.39 is 0 Å². The van der Waals surface area contributed by atoms with Crippen molar-refractivity contribution in [2.45, 2.75) is 26.7 Å². The lowest BCUT2D eigenvalue weighted by Gasteiger charge is -2.13. The first kappa shape index (κ1) is 12.8. The highest BCUT2D eigenvalue weighted by atomic mass is 16.3. The Hall–Kier alpha value is -1.29. The average Bonchev–Trinajstić information content (AvgIpc) is 2.70. The van der Waals surface area contributed by atoms with Gasteiger partial charge in [-0.15, -0.1) is 0 Å². The number of nitrogens with one attached hydrogen (secondary N) is 1. The smallest absolute Gasteiger partial charge is 0.254 e. The van der Waals surface area contributed by atoms with Gasteiger partial charge in [0.2, 0.25) is 0 Å². The van der Waals surface area contributed by atoms with Crippen LogP contribution in [0.4, 0.5) is 0 Å². The van der Waals surface area contributed by atoms with Crippen molar-refractivity contribution in [3.63, 3.8) is 0 Å². The van der Waals surface area contributed by atoms with E-state index in [0.29, 0.717) is 18.0 Å². The molecule has 1 unspecified atom stereocenters. The molecule has 90 valence electrons. The summed E-state index contributed by atoms with van der Waals surface area (Å²) in [4.78, 5) is 11.6. The minimum Gasteiger partial charge on any atom is -0.469 e. The van der Waals surface area contributed by atoms with E-state index in [0.717, 1.165) is 18.6 Å². The van der Waals surface area contributed by atoms with Crippen molar-refractivity contribution in [2.24, 2.45) is 5.92 Å². The monoisotopic (exact) mass is 225 g/mol. The van der Waals surface area contributed by atoms with E-state index in [4.69, 9.17) is 9.52 Å². The summed E-state index contributed by atoms with van der Waals surface area (Å²) in [5.41, 5.74) is 0.552. The molecule has 4 heteroatoms. The second-order valence-electron chi connectivity index (χ2n) is 3.94. The van der Waals surface area contributed by atoms with Gasteiger partial charge in [-0.1, -0.05) is 13.3 Å². The van der Waals surface area contributed by atoms with Gasteiger partial charge in [0.05, 0.1) is 5.56 Å². The molecular formula is C12H19NO3. The zero-order valence-electron chi connectivity index (χ0n) is 9.82. The van der Waals surface area contributed by atoms with E-state index in [2.05, 4.69) is 12.2 Å². The highest BCUT2D eigenvalue weighted by Gasteiger charge is 2.11. The van der Waals surface area contributed by atoms with E-state index in [1.165, 1.54) is 6.26 Å². The molecule has 0 saturated heterocycles. The number of aliphatic hydroxyl groups excluding tert-OH is 1. The summed E-state index contributed by atoms with van der Waals surface area (Å²) in [5.74, 6) is 0.947. The molecule has 0 aliphatic rings. The average molecular weight is 225 g/mol. The molecule has 0 aromatic carbocycles. The van der Waals surface area contributed by atoms with Gasteiger partial charge < -0.3 is 14.8 Å². The zero-order valence-corrected chi connectivity index (χ0v) is 9.82. The number of carbonyl (C=O) groups is 1. The molecule has 0 aliphatic heterocycles. The van der Waals surface area contributed by atoms with Crippen LogP contribution in [-0.2, 0) is 0 Å². The van der Waals surface area contributed by atoms with Crippen molar-refractivity contribution in [1.82, 2.24) is 5.32 Å². The largest absolute Gasteiger partial charge is 0.469 e. The van der Waals surface area contributed by atoms with Crippen molar-refractivity contribution in [2.75, 3.05) is 13.2 Å². The normalized spacial score (nSPS) is 12.4. The summed E-state index contributed by atoms with van der Waals surface area (Å²) in [7, 11) is 0. The predicted octanol–water partition coefficient (Wildman–Crippen LogP) is 1.73. The van der Waals surface area contributed by atoms with Crippen LogP contribution >= 0.6 is 0 Å². The van der Waals surface area contributed by atoms with Gasteiger partial charge in [-0.2, -0.15) is 0 Å². The third-order valence-electron chi connectivity index (χ3n) is 2.66. The summed E-state index contributed by atoms with van der Waals surface area (Å²) in [6.07, 6.45) is 3.13. The molecular weight excluding hydrogens is 206 g/mol. The maximum absolute atomic E-state index is 11.6. The molecule has 0 aliphatic carbocycles. The van der Waals surface area contributed by atoms with E-state index in [-0.39, 0.29) is 12.5 Å². The Morgan fingerprint density at radius 2 is 2.38 bits per heavy atom. The van der Waals surface area contributed by atoms with Gasteiger partial charge in [-0.3, -0.25) is 4.79 Å². The van der Waals surface area contributed by atoms with E-state index in [9.17, 15) is 4.79 Å². The molecule has 0 radical (unpaired) electrons. The highest BCUT2D eigenvalue weighted by molar-refractivity contribution is 5.93. The first-order chi connectivity index (χ1) is 7.67. The standard InChI is InChI=1S/C12H19NO3/c1-3-10(4-5-14)7-13-12(15)11-6-9(2)16-8-11/h6,8,10,14H,3-5,7H2,1-2H3,(H,13,15). The number of hydrogen-bond donors (Lipinski definition) is 2. The van der Waals surface area contributed by atoms with Crippen molar-refractivity contribution in [1.29, 1.82) is 0 Å². The molecule has 4 nitrogen and oxygen atoms in total. The Bertz CT molecular complexity index is 333. The Kier molecular flexibility index (Phi) is 5.05. The molecule has 1 atom stereocenters. The number of carbonyl (C=O) groups excluding carboxylic acids is 1. The van der Waals surface area contributed by atoms with Crippen LogP contribution in [0.2, 0.25) is 0 Å². The van der Waals surface area contributed by atoms with Crippen LogP contribution in [0, 0.1) is 12.8 Å². The first-order valence-electron chi connectivity index (χ1n) is 5.61. The minimum atomic E-state index is -0.117. The van der Waals surface area contributed by atoms with Gasteiger partial charge in [-0.05, 0) is 25.3 Å². The second kappa shape index (κ2) is 6.33. The lowest BCUT2D eigenvalue weighted by atomic mass is 10.0. The molecule has 0 saturated carbocycles. The number of hydrogen-bond acceptors (Lipinski definition) is 3. The summed E-state index contributed by atoms with van der Waals surface area (Å²) < 4.78 is 5.07. The lowest BCUT2D eigenvalue weighted by molar-refractivity contribution is 0.0943. The van der Waals surface area contributed by atoms with Gasteiger partial charge in [0.1, 0.15) is 12.0 Å². The molecule has 2 N–H and O–H groups in total. The van der Waals surface area contributed by atoms with Gasteiger partial charge in [0.25, 0.3) is 5.91 Å². The molecule has 16 heavy (non-hydrogen) atoms. The van der Waals surface area contributed by atoms with Crippen LogP contribution in [-0.4, -0.2) is 24.2 Å². The second-order valence-corrected chi connectivity index (χ2v) is 3.94. The van der Waals surface area contributed by atoms with Crippen LogP contribution in [0.1, 0.15) is 35.9 Å². The van der Waals surface area contributed by atoms with Crippen LogP contribution in [0.15, 0.2) is 16.7 Å². The van der Waals surface area contributed by atoms with Crippen LogP contribution < -0.4 is 5.32 Å². The summed E-state index contributed by atoms with van der Waals surface area (Å²) in [6.45, 7) is 4.62. The minimum absolute atomic E-state index is 0.117. The molecule has 1 aromatic rings. The fourth-order valence-corrected chi connectivity index (χ4v) is 1.53. The number of amides is 1. The van der Waals surface area contributed by atoms with Gasteiger partial charge >= 0.3 is 0 Å². The third-order valence-corrected chi connectivity index (χ3v) is 2.66. The van der Waals surface area contributed by atoms with E-state index in [1.807, 2.05) is 0 Å². The van der Waals surface area contributed by atoms with Crippen molar-refractivity contribution < 1.29 is 14.3 Å². The maximum atomic E-state index is 11.6. The lowest BCUT2D eigenvalue weighted by Crippen LogP contribution is -2.29.